The first-order chi connectivity index (χ1) is 17.6. The number of thiazole rings is 1. The van der Waals surface area contributed by atoms with Crippen LogP contribution in [-0.4, -0.2) is 70.1 Å². The standard InChI is InChI=1S/C22H23N5O2S.C2HF3O2/c28-19(27-5-3-15(4-6-27)8-18-11-30-14-25-18)2-1-16-7-17-9-22(12-23-13-22)21(29)26-20(17)24-10-16;3-2(4,5)1(6)7/h1-2,7-8,10-11,14,23H,3-6,9,12-13H2,(H,24,26,29);(H,6,7)/b2-1+;. The van der Waals surface area contributed by atoms with Crippen LogP contribution in [0.2, 0.25) is 0 Å². The van der Waals surface area contributed by atoms with Gasteiger partial charge >= 0.3 is 12.1 Å². The molecule has 0 saturated carbocycles. The summed E-state index contributed by atoms with van der Waals surface area (Å²) in [5.74, 6) is -2.05. The van der Waals surface area contributed by atoms with E-state index in [2.05, 4.69) is 26.7 Å². The lowest BCUT2D eigenvalue weighted by atomic mass is 9.73. The van der Waals surface area contributed by atoms with E-state index in [1.807, 2.05) is 27.9 Å². The molecule has 0 aliphatic carbocycles. The minimum Gasteiger partial charge on any atom is -0.475 e. The molecule has 0 bridgehead atoms. The van der Waals surface area contributed by atoms with Crippen LogP contribution < -0.4 is 10.6 Å². The summed E-state index contributed by atoms with van der Waals surface area (Å²) in [4.78, 5) is 44.4. The third kappa shape index (κ3) is 6.41. The molecule has 0 aromatic carbocycles. The number of anilines is 1. The van der Waals surface area contributed by atoms with Crippen LogP contribution in [-0.2, 0) is 20.8 Å². The number of nitrogens with zero attached hydrogens (tertiary/aromatic N) is 3. The number of likely N-dealkylation sites (tertiary alicyclic amines) is 1. The van der Waals surface area contributed by atoms with Crippen molar-refractivity contribution >= 4 is 47.1 Å². The number of nitrogens with one attached hydrogen (secondary N) is 2. The van der Waals surface area contributed by atoms with Crippen LogP contribution in [0.15, 0.2) is 34.8 Å². The van der Waals surface area contributed by atoms with Gasteiger partial charge in [-0.3, -0.25) is 9.59 Å². The van der Waals surface area contributed by atoms with Crippen molar-refractivity contribution in [2.24, 2.45) is 5.41 Å². The summed E-state index contributed by atoms with van der Waals surface area (Å²) in [6.07, 6.45) is 4.64. The number of carboxylic acids is 1. The van der Waals surface area contributed by atoms with Gasteiger partial charge in [0.1, 0.15) is 5.82 Å². The largest absolute Gasteiger partial charge is 0.490 e. The van der Waals surface area contributed by atoms with E-state index in [1.165, 1.54) is 5.57 Å². The van der Waals surface area contributed by atoms with Gasteiger partial charge in [0, 0.05) is 43.8 Å². The van der Waals surface area contributed by atoms with Crippen molar-refractivity contribution in [1.29, 1.82) is 0 Å². The summed E-state index contributed by atoms with van der Waals surface area (Å²) < 4.78 is 31.7. The Morgan fingerprint density at radius 3 is 2.46 bits per heavy atom. The number of aliphatic carboxylic acids is 1. The Balaban J connectivity index is 0.000000405. The Bertz CT molecular complexity index is 1230. The van der Waals surface area contributed by atoms with Gasteiger partial charge in [0.2, 0.25) is 11.8 Å². The van der Waals surface area contributed by atoms with Crippen molar-refractivity contribution in [2.45, 2.75) is 25.4 Å². The SMILES string of the molecule is O=C(/C=C/c1cnc2c(c1)CC1(CNC1)C(=O)N2)N1CCC(=Cc2cscn2)CC1.O=C(O)C(F)(F)F. The second kappa shape index (κ2) is 10.8. The fraction of sp³-hybridized carbons (Fsp3) is 0.375. The first kappa shape index (κ1) is 26.5. The molecule has 196 valence electrons. The zero-order valence-corrected chi connectivity index (χ0v) is 20.4. The van der Waals surface area contributed by atoms with Gasteiger partial charge in [0.05, 0.1) is 16.6 Å². The number of halogens is 3. The summed E-state index contributed by atoms with van der Waals surface area (Å²) in [6, 6.07) is 2.02. The predicted octanol–water partition coefficient (Wildman–Crippen LogP) is 2.97. The maximum atomic E-state index is 12.6. The van der Waals surface area contributed by atoms with E-state index in [0.29, 0.717) is 25.3 Å². The third-order valence-electron chi connectivity index (χ3n) is 6.34. The van der Waals surface area contributed by atoms with Crippen molar-refractivity contribution in [3.8, 4) is 0 Å². The minimum atomic E-state index is -5.08. The van der Waals surface area contributed by atoms with Gasteiger partial charge in [-0.25, -0.2) is 14.8 Å². The number of carbonyl (C=O) groups is 3. The van der Waals surface area contributed by atoms with Gasteiger partial charge in [0.25, 0.3) is 0 Å². The van der Waals surface area contributed by atoms with Crippen molar-refractivity contribution in [2.75, 3.05) is 31.5 Å². The number of pyridine rings is 1. The molecular formula is C24H24F3N5O4S. The average molecular weight is 536 g/mol. The highest BCUT2D eigenvalue weighted by molar-refractivity contribution is 7.07. The van der Waals surface area contributed by atoms with Crippen molar-refractivity contribution in [3.63, 3.8) is 0 Å². The van der Waals surface area contributed by atoms with E-state index in [4.69, 9.17) is 9.90 Å². The van der Waals surface area contributed by atoms with E-state index in [-0.39, 0.29) is 17.2 Å². The molecule has 2 saturated heterocycles. The molecule has 9 nitrogen and oxygen atoms in total. The molecule has 5 rings (SSSR count). The smallest absolute Gasteiger partial charge is 0.475 e. The van der Waals surface area contributed by atoms with Gasteiger partial charge in [-0.05, 0) is 48.6 Å². The fourth-order valence-electron chi connectivity index (χ4n) is 4.20. The number of hydrogen-bond acceptors (Lipinski definition) is 7. The van der Waals surface area contributed by atoms with Gasteiger partial charge < -0.3 is 20.6 Å². The third-order valence-corrected chi connectivity index (χ3v) is 6.94. The van der Waals surface area contributed by atoms with Crippen LogP contribution in [0.5, 0.6) is 0 Å². The van der Waals surface area contributed by atoms with E-state index in [1.54, 1.807) is 23.6 Å². The Kier molecular flexibility index (Phi) is 7.73. The first-order valence-electron chi connectivity index (χ1n) is 11.4. The van der Waals surface area contributed by atoms with Crippen LogP contribution in [0, 0.1) is 5.41 Å². The van der Waals surface area contributed by atoms with E-state index in [0.717, 1.165) is 42.8 Å². The molecule has 0 radical (unpaired) electrons. The molecule has 13 heteroatoms. The number of aromatic nitrogens is 2. The lowest BCUT2D eigenvalue weighted by Crippen LogP contribution is -2.62. The van der Waals surface area contributed by atoms with Crippen LogP contribution in [0.1, 0.15) is 29.7 Å². The van der Waals surface area contributed by atoms with Gasteiger partial charge in [-0.2, -0.15) is 13.2 Å². The Labute approximate surface area is 214 Å². The summed E-state index contributed by atoms with van der Waals surface area (Å²) in [6.45, 7) is 2.85. The Morgan fingerprint density at radius 1 is 1.19 bits per heavy atom. The molecule has 0 unspecified atom stereocenters. The molecule has 5 heterocycles. The molecule has 0 atom stereocenters. The number of alkyl halides is 3. The van der Waals surface area contributed by atoms with Crippen molar-refractivity contribution in [3.05, 3.63) is 51.6 Å². The molecule has 1 spiro atoms. The molecular weight excluding hydrogens is 511 g/mol. The number of rotatable bonds is 3. The quantitative estimate of drug-likeness (QED) is 0.516. The monoisotopic (exact) mass is 535 g/mol. The second-order valence-electron chi connectivity index (χ2n) is 8.97. The van der Waals surface area contributed by atoms with Crippen LogP contribution in [0.25, 0.3) is 12.2 Å². The number of carbonyl (C=O) groups excluding carboxylic acids is 2. The van der Waals surface area contributed by atoms with Gasteiger partial charge in [-0.1, -0.05) is 5.57 Å². The Morgan fingerprint density at radius 2 is 1.89 bits per heavy atom. The van der Waals surface area contributed by atoms with E-state index in [9.17, 15) is 22.8 Å². The molecule has 2 aromatic heterocycles. The minimum absolute atomic E-state index is 0.0217. The summed E-state index contributed by atoms with van der Waals surface area (Å²) in [5.41, 5.74) is 5.74. The summed E-state index contributed by atoms with van der Waals surface area (Å²) in [5, 5.41) is 15.3. The normalized spacial score (nSPS) is 18.4. The highest BCUT2D eigenvalue weighted by Gasteiger charge is 2.47. The van der Waals surface area contributed by atoms with Crippen molar-refractivity contribution in [1.82, 2.24) is 20.2 Å². The molecule has 3 aliphatic rings. The van der Waals surface area contributed by atoms with Gasteiger partial charge in [-0.15, -0.1) is 11.3 Å². The number of amides is 2. The number of fused-ring (bicyclic) bond motifs is 1. The number of piperidine rings is 1. The topological polar surface area (TPSA) is 125 Å². The maximum Gasteiger partial charge on any atom is 0.490 e. The average Bonchev–Trinajstić information content (AvgIpc) is 3.34. The molecule has 2 amide bonds. The van der Waals surface area contributed by atoms with E-state index >= 15 is 0 Å². The molecule has 2 fully saturated rings. The summed E-state index contributed by atoms with van der Waals surface area (Å²) >= 11 is 1.59. The zero-order valence-electron chi connectivity index (χ0n) is 19.5. The van der Waals surface area contributed by atoms with Gasteiger partial charge in [0.15, 0.2) is 0 Å². The Hall–Kier alpha value is -3.58. The zero-order chi connectivity index (χ0) is 26.6. The highest BCUT2D eigenvalue weighted by Crippen LogP contribution is 2.36. The fourth-order valence-corrected chi connectivity index (χ4v) is 4.71. The molecule has 3 aliphatic heterocycles. The van der Waals surface area contributed by atoms with Crippen LogP contribution >= 0.6 is 11.3 Å². The lowest BCUT2D eigenvalue weighted by Gasteiger charge is -2.43. The first-order valence-corrected chi connectivity index (χ1v) is 12.4. The van der Waals surface area contributed by atoms with Crippen LogP contribution in [0.4, 0.5) is 19.0 Å². The molecule has 37 heavy (non-hydrogen) atoms. The molecule has 3 N–H and O–H groups in total. The maximum absolute atomic E-state index is 12.6. The lowest BCUT2D eigenvalue weighted by molar-refractivity contribution is -0.192. The van der Waals surface area contributed by atoms with Crippen LogP contribution in [0.3, 0.4) is 0 Å². The molecule has 2 aromatic rings. The highest BCUT2D eigenvalue weighted by atomic mass is 32.1. The summed E-state index contributed by atoms with van der Waals surface area (Å²) in [7, 11) is 0. The predicted molar refractivity (Wildman–Crippen MR) is 131 cm³/mol. The van der Waals surface area contributed by atoms with E-state index < -0.39 is 12.1 Å². The van der Waals surface area contributed by atoms with Crippen molar-refractivity contribution < 1.29 is 32.7 Å². The number of carboxylic acid groups (broad SMARTS) is 1. The number of hydrogen-bond donors (Lipinski definition) is 3. The second-order valence-corrected chi connectivity index (χ2v) is 9.69.